The first-order chi connectivity index (χ1) is 18.3. The Kier molecular flexibility index (Phi) is 7.15. The zero-order chi connectivity index (χ0) is 26.8. The summed E-state index contributed by atoms with van der Waals surface area (Å²) in [5.41, 5.74) is 2.42. The van der Waals surface area contributed by atoms with E-state index >= 15 is 0 Å². The number of nitrogens with one attached hydrogen (secondary N) is 1. The maximum atomic E-state index is 13.1. The Balaban J connectivity index is 1.48. The number of carboxylic acid groups (broad SMARTS) is 1. The van der Waals surface area contributed by atoms with Crippen LogP contribution in [0.4, 0.5) is 5.13 Å². The van der Waals surface area contributed by atoms with Crippen molar-refractivity contribution in [3.8, 4) is 22.9 Å². The number of thiazole rings is 1. The zero-order valence-corrected chi connectivity index (χ0v) is 22.1. The van der Waals surface area contributed by atoms with E-state index in [9.17, 15) is 14.7 Å². The van der Waals surface area contributed by atoms with Crippen molar-refractivity contribution in [2.75, 3.05) is 19.0 Å². The standard InChI is InChI=1S/C28H28N4O5S/c1-16(2)29-28-31-23(15-38-28)22-13-25(20-10-9-18(36-3)11-21(20)30-22)37-19-12-24(27(34)35)32(14-19)26(33)17-7-5-4-6-8-17/h4-11,13,15-16,19,24H,12,14H2,1-3H3,(H,29,31)(H,34,35). The van der Waals surface area contributed by atoms with E-state index in [-0.39, 0.29) is 24.9 Å². The van der Waals surface area contributed by atoms with Crippen molar-refractivity contribution >= 4 is 39.2 Å². The largest absolute Gasteiger partial charge is 0.497 e. The molecule has 196 valence electrons. The summed E-state index contributed by atoms with van der Waals surface area (Å²) in [6.45, 7) is 4.25. The van der Waals surface area contributed by atoms with E-state index in [4.69, 9.17) is 14.5 Å². The quantitative estimate of drug-likeness (QED) is 0.328. The molecule has 1 aliphatic rings. The molecule has 0 spiro atoms. The monoisotopic (exact) mass is 532 g/mol. The van der Waals surface area contributed by atoms with Gasteiger partial charge in [0.25, 0.3) is 5.91 Å². The molecule has 5 rings (SSSR count). The van der Waals surface area contributed by atoms with Gasteiger partial charge in [-0.25, -0.2) is 14.8 Å². The SMILES string of the molecule is COc1ccc2c(OC3CC(C(=O)O)N(C(=O)c4ccccc4)C3)cc(-c3csc(NC(C)C)n3)nc2c1. The fourth-order valence-electron chi connectivity index (χ4n) is 4.50. The number of pyridine rings is 1. The number of benzene rings is 2. The van der Waals surface area contributed by atoms with Gasteiger partial charge in [-0.05, 0) is 38.1 Å². The molecule has 3 heterocycles. The van der Waals surface area contributed by atoms with Crippen LogP contribution in [-0.2, 0) is 4.79 Å². The van der Waals surface area contributed by atoms with Crippen molar-refractivity contribution < 1.29 is 24.2 Å². The number of methoxy groups -OCH3 is 1. The number of carboxylic acids is 1. The van der Waals surface area contributed by atoms with Crippen LogP contribution < -0.4 is 14.8 Å². The molecule has 1 amide bonds. The van der Waals surface area contributed by atoms with Crippen molar-refractivity contribution in [2.24, 2.45) is 0 Å². The molecule has 2 atom stereocenters. The third-order valence-electron chi connectivity index (χ3n) is 6.28. The number of aliphatic carboxylic acids is 1. The van der Waals surface area contributed by atoms with Crippen LogP contribution in [0.1, 0.15) is 30.6 Å². The maximum absolute atomic E-state index is 13.1. The lowest BCUT2D eigenvalue weighted by molar-refractivity contribution is -0.141. The number of rotatable bonds is 8. The van der Waals surface area contributed by atoms with Crippen LogP contribution in [0.2, 0.25) is 0 Å². The molecule has 1 fully saturated rings. The number of carbonyl (C=O) groups is 2. The summed E-state index contributed by atoms with van der Waals surface area (Å²) in [4.78, 5) is 36.0. The molecule has 10 heteroatoms. The normalized spacial score (nSPS) is 17.1. The number of aromatic nitrogens is 2. The van der Waals surface area contributed by atoms with Crippen LogP contribution in [0.3, 0.4) is 0 Å². The van der Waals surface area contributed by atoms with Gasteiger partial charge in [0.05, 0.1) is 24.9 Å². The van der Waals surface area contributed by atoms with Crippen LogP contribution in [0.25, 0.3) is 22.3 Å². The van der Waals surface area contributed by atoms with Gasteiger partial charge < -0.3 is 24.8 Å². The first-order valence-corrected chi connectivity index (χ1v) is 13.2. The third-order valence-corrected chi connectivity index (χ3v) is 7.05. The van der Waals surface area contributed by atoms with Crippen molar-refractivity contribution in [1.82, 2.24) is 14.9 Å². The van der Waals surface area contributed by atoms with Gasteiger partial charge >= 0.3 is 5.97 Å². The Labute approximate surface area is 224 Å². The van der Waals surface area contributed by atoms with Crippen molar-refractivity contribution in [3.63, 3.8) is 0 Å². The highest BCUT2D eigenvalue weighted by Crippen LogP contribution is 2.35. The molecule has 2 aromatic carbocycles. The second kappa shape index (κ2) is 10.7. The van der Waals surface area contributed by atoms with Gasteiger partial charge in [0, 0.05) is 40.9 Å². The summed E-state index contributed by atoms with van der Waals surface area (Å²) in [6, 6.07) is 15.3. The Bertz CT molecular complexity index is 1470. The minimum Gasteiger partial charge on any atom is -0.497 e. The summed E-state index contributed by atoms with van der Waals surface area (Å²) >= 11 is 1.49. The summed E-state index contributed by atoms with van der Waals surface area (Å²) in [5, 5.41) is 16.6. The Morgan fingerprint density at radius 2 is 1.89 bits per heavy atom. The van der Waals surface area contributed by atoms with E-state index < -0.39 is 18.1 Å². The number of likely N-dealkylation sites (tertiary alicyclic amines) is 1. The number of anilines is 1. The Morgan fingerprint density at radius 1 is 1.11 bits per heavy atom. The highest BCUT2D eigenvalue weighted by atomic mass is 32.1. The Hall–Kier alpha value is -4.18. The number of amides is 1. The first kappa shape index (κ1) is 25.5. The van der Waals surface area contributed by atoms with E-state index in [1.54, 1.807) is 31.4 Å². The summed E-state index contributed by atoms with van der Waals surface area (Å²) in [7, 11) is 1.59. The topological polar surface area (TPSA) is 114 Å². The number of ether oxygens (including phenoxy) is 2. The molecule has 0 aliphatic carbocycles. The highest BCUT2D eigenvalue weighted by Gasteiger charge is 2.41. The van der Waals surface area contributed by atoms with Crippen molar-refractivity contribution in [1.29, 1.82) is 0 Å². The fraction of sp³-hybridized carbons (Fsp3) is 0.286. The van der Waals surface area contributed by atoms with E-state index in [0.717, 1.165) is 10.5 Å². The predicted octanol–water partition coefficient (Wildman–Crippen LogP) is 4.93. The van der Waals surface area contributed by atoms with Crippen LogP contribution in [-0.4, -0.2) is 63.7 Å². The molecular formula is C28H28N4O5S. The van der Waals surface area contributed by atoms with Crippen LogP contribution in [0.5, 0.6) is 11.5 Å². The molecule has 0 bridgehead atoms. The number of hydrogen-bond donors (Lipinski definition) is 2. The Morgan fingerprint density at radius 3 is 2.61 bits per heavy atom. The van der Waals surface area contributed by atoms with Gasteiger partial charge in [0.15, 0.2) is 5.13 Å². The zero-order valence-electron chi connectivity index (χ0n) is 21.2. The van der Waals surface area contributed by atoms with Crippen LogP contribution >= 0.6 is 11.3 Å². The molecule has 2 N–H and O–H groups in total. The molecule has 2 unspecified atom stereocenters. The van der Waals surface area contributed by atoms with E-state index in [0.29, 0.717) is 34.0 Å². The molecule has 0 saturated carbocycles. The van der Waals surface area contributed by atoms with E-state index in [1.807, 2.05) is 49.6 Å². The smallest absolute Gasteiger partial charge is 0.326 e. The summed E-state index contributed by atoms with van der Waals surface area (Å²) < 4.78 is 11.8. The fourth-order valence-corrected chi connectivity index (χ4v) is 5.36. The number of hydrogen-bond acceptors (Lipinski definition) is 8. The maximum Gasteiger partial charge on any atom is 0.326 e. The second-order valence-corrected chi connectivity index (χ2v) is 10.2. The van der Waals surface area contributed by atoms with E-state index in [1.165, 1.54) is 16.2 Å². The lowest BCUT2D eigenvalue weighted by Crippen LogP contribution is -2.40. The molecular weight excluding hydrogens is 504 g/mol. The summed E-state index contributed by atoms with van der Waals surface area (Å²) in [5.74, 6) is -0.193. The van der Waals surface area contributed by atoms with Gasteiger partial charge in [0.1, 0.15) is 29.3 Å². The summed E-state index contributed by atoms with van der Waals surface area (Å²) in [6.07, 6.45) is -0.347. The lowest BCUT2D eigenvalue weighted by atomic mass is 10.1. The number of fused-ring (bicyclic) bond motifs is 1. The highest BCUT2D eigenvalue weighted by molar-refractivity contribution is 7.14. The molecule has 0 radical (unpaired) electrons. The van der Waals surface area contributed by atoms with Gasteiger partial charge in [-0.15, -0.1) is 11.3 Å². The molecule has 38 heavy (non-hydrogen) atoms. The van der Waals surface area contributed by atoms with Gasteiger partial charge in [0.2, 0.25) is 0 Å². The minimum atomic E-state index is -1.06. The third kappa shape index (κ3) is 5.26. The van der Waals surface area contributed by atoms with Gasteiger partial charge in [-0.3, -0.25) is 4.79 Å². The number of carbonyl (C=O) groups excluding carboxylic acids is 1. The van der Waals surface area contributed by atoms with Gasteiger partial charge in [-0.2, -0.15) is 0 Å². The van der Waals surface area contributed by atoms with Crippen LogP contribution in [0, 0.1) is 0 Å². The second-order valence-electron chi connectivity index (χ2n) is 9.38. The number of nitrogens with zero attached hydrogens (tertiary/aromatic N) is 3. The molecule has 9 nitrogen and oxygen atoms in total. The van der Waals surface area contributed by atoms with E-state index in [2.05, 4.69) is 10.3 Å². The average molecular weight is 533 g/mol. The predicted molar refractivity (Wildman–Crippen MR) is 146 cm³/mol. The molecule has 1 saturated heterocycles. The lowest BCUT2D eigenvalue weighted by Gasteiger charge is -2.21. The minimum absolute atomic E-state index is 0.152. The first-order valence-electron chi connectivity index (χ1n) is 12.3. The van der Waals surface area contributed by atoms with Gasteiger partial charge in [-0.1, -0.05) is 18.2 Å². The average Bonchev–Trinajstić information content (AvgIpc) is 3.55. The molecule has 4 aromatic rings. The molecule has 1 aliphatic heterocycles. The van der Waals surface area contributed by atoms with Crippen molar-refractivity contribution in [3.05, 3.63) is 65.5 Å². The van der Waals surface area contributed by atoms with Crippen LogP contribution in [0.15, 0.2) is 60.0 Å². The van der Waals surface area contributed by atoms with Crippen molar-refractivity contribution in [2.45, 2.75) is 38.5 Å². The molecule has 2 aromatic heterocycles.